The summed E-state index contributed by atoms with van der Waals surface area (Å²) in [7, 11) is 2.05. The van der Waals surface area contributed by atoms with E-state index in [1.807, 2.05) is 23.8 Å². The second-order valence-electron chi connectivity index (χ2n) is 13.4. The largest absolute Gasteiger partial charge is 0.508 e. The number of likely N-dealkylation sites (tertiary alicyclic amines) is 1. The fourth-order valence-electron chi connectivity index (χ4n) is 7.96. The molecule has 3 fully saturated rings. The van der Waals surface area contributed by atoms with Gasteiger partial charge in [-0.2, -0.15) is 9.97 Å². The lowest BCUT2D eigenvalue weighted by molar-refractivity contribution is 0.112. The Hall–Kier alpha value is -5.68. The van der Waals surface area contributed by atoms with E-state index < -0.39 is 11.6 Å². The molecule has 14 heteroatoms. The summed E-state index contributed by atoms with van der Waals surface area (Å²) >= 11 is 0. The van der Waals surface area contributed by atoms with Crippen molar-refractivity contribution in [3.05, 3.63) is 66.1 Å². The lowest BCUT2D eigenvalue weighted by atomic mass is 9.96. The Kier molecular flexibility index (Phi) is 8.22. The van der Waals surface area contributed by atoms with Gasteiger partial charge in [-0.25, -0.2) is 23.5 Å². The number of nitrogens with one attached hydrogen (secondary N) is 1. The van der Waals surface area contributed by atoms with Crippen molar-refractivity contribution in [2.75, 3.05) is 36.9 Å². The molecule has 5 aromatic rings. The third-order valence-electron chi connectivity index (χ3n) is 10.3. The van der Waals surface area contributed by atoms with Gasteiger partial charge in [0, 0.05) is 48.7 Å². The number of rotatable bonds is 6. The molecular formula is C37H35F2N9O3. The van der Waals surface area contributed by atoms with Crippen molar-refractivity contribution in [3.63, 3.8) is 0 Å². The van der Waals surface area contributed by atoms with Crippen LogP contribution in [-0.2, 0) is 0 Å². The van der Waals surface area contributed by atoms with Gasteiger partial charge in [0.25, 0.3) is 0 Å². The van der Waals surface area contributed by atoms with Gasteiger partial charge in [0.15, 0.2) is 5.82 Å². The number of hydrogen-bond acceptors (Lipinski definition) is 10. The highest BCUT2D eigenvalue weighted by Crippen LogP contribution is 2.40. The number of fused-ring (bicyclic) bond motifs is 4. The standard InChI is InChI=1S/C37H35F2N9O3/c1-4-25-28(38)11-8-21-15-24(49)16-26(30(21)25)32-31(39)33-27(17-42-32)34(44-36(43-33)51-20(2)29-7-5-14-46(29)3)47-18-22-9-10-23(19-47)48(22)37(50)45-35-40-12-6-13-41-35/h1,6,8,11-13,15-17,20,22-23,29,49H,5,7,9-10,14,18-19H2,2-3H3,(H,40,41,45,50)/t20-,22?,23?,29-/m0/s1. The minimum absolute atomic E-state index is 0.00576. The fourth-order valence-corrected chi connectivity index (χ4v) is 7.96. The molecule has 6 heterocycles. The molecule has 2 amide bonds. The third kappa shape index (κ3) is 5.77. The Morgan fingerprint density at radius 2 is 1.86 bits per heavy atom. The first-order valence-corrected chi connectivity index (χ1v) is 17.0. The van der Waals surface area contributed by atoms with Crippen LogP contribution >= 0.6 is 0 Å². The zero-order chi connectivity index (χ0) is 35.4. The maximum atomic E-state index is 17.0. The molecule has 0 radical (unpaired) electrons. The topological polar surface area (TPSA) is 133 Å². The number of phenols is 1. The van der Waals surface area contributed by atoms with Crippen LogP contribution in [0, 0.1) is 24.0 Å². The van der Waals surface area contributed by atoms with Crippen molar-refractivity contribution >= 4 is 39.5 Å². The second kappa shape index (κ2) is 12.9. The second-order valence-corrected chi connectivity index (χ2v) is 13.4. The van der Waals surface area contributed by atoms with Gasteiger partial charge in [-0.05, 0) is 75.9 Å². The molecule has 2 N–H and O–H groups in total. The number of anilines is 2. The van der Waals surface area contributed by atoms with Gasteiger partial charge in [-0.15, -0.1) is 6.42 Å². The first-order chi connectivity index (χ1) is 24.7. The highest BCUT2D eigenvalue weighted by Gasteiger charge is 2.44. The van der Waals surface area contributed by atoms with Crippen LogP contribution in [0.15, 0.2) is 48.9 Å². The first kappa shape index (κ1) is 32.5. The predicted molar refractivity (Wildman–Crippen MR) is 187 cm³/mol. The molecule has 3 aromatic heterocycles. The molecule has 3 aliphatic rings. The van der Waals surface area contributed by atoms with Gasteiger partial charge in [0.2, 0.25) is 5.95 Å². The van der Waals surface area contributed by atoms with Crippen molar-refractivity contribution in [2.45, 2.75) is 56.8 Å². The number of amides is 2. The summed E-state index contributed by atoms with van der Waals surface area (Å²) in [4.78, 5) is 41.7. The van der Waals surface area contributed by atoms with E-state index in [0.717, 1.165) is 32.2 Å². The van der Waals surface area contributed by atoms with Crippen molar-refractivity contribution < 1.29 is 23.4 Å². The van der Waals surface area contributed by atoms with E-state index in [0.29, 0.717) is 29.7 Å². The van der Waals surface area contributed by atoms with Crippen molar-refractivity contribution in [1.29, 1.82) is 0 Å². The van der Waals surface area contributed by atoms with E-state index >= 15 is 4.39 Å². The lowest BCUT2D eigenvalue weighted by Crippen LogP contribution is -2.57. The van der Waals surface area contributed by atoms with Crippen molar-refractivity contribution in [2.24, 2.45) is 0 Å². The number of pyridine rings is 1. The summed E-state index contributed by atoms with van der Waals surface area (Å²) < 4.78 is 38.3. The van der Waals surface area contributed by atoms with Crippen LogP contribution in [0.25, 0.3) is 32.9 Å². The monoisotopic (exact) mass is 691 g/mol. The number of hydrogen-bond donors (Lipinski definition) is 2. The number of nitrogens with zero attached hydrogens (tertiary/aromatic N) is 8. The Morgan fingerprint density at radius 1 is 1.10 bits per heavy atom. The Labute approximate surface area is 292 Å². The number of urea groups is 1. The Bertz CT molecular complexity index is 2200. The molecule has 0 spiro atoms. The van der Waals surface area contributed by atoms with E-state index in [2.05, 4.69) is 36.1 Å². The molecule has 3 aliphatic heterocycles. The minimum Gasteiger partial charge on any atom is -0.508 e. The molecule has 51 heavy (non-hydrogen) atoms. The molecule has 2 bridgehead atoms. The summed E-state index contributed by atoms with van der Waals surface area (Å²) in [6, 6.07) is 6.67. The molecule has 12 nitrogen and oxygen atoms in total. The summed E-state index contributed by atoms with van der Waals surface area (Å²) in [6.07, 6.45) is 13.6. The molecule has 0 saturated carbocycles. The number of likely N-dealkylation sites (N-methyl/N-ethyl adjacent to an activating group) is 1. The van der Waals surface area contributed by atoms with E-state index in [4.69, 9.17) is 16.1 Å². The SMILES string of the molecule is C#Cc1c(F)ccc2cc(O)cc(-c3ncc4c(N5CC6CCC(C5)N6C(=O)Nc5ncccn5)nc(O[C@@H](C)[C@@H]5CCCN5C)nc4c3F)c12. The number of benzene rings is 2. The van der Waals surface area contributed by atoms with Crippen LogP contribution in [0.5, 0.6) is 11.8 Å². The number of aromatic hydroxyl groups is 1. The van der Waals surface area contributed by atoms with Crippen LogP contribution in [-0.4, -0.2) is 96.8 Å². The van der Waals surface area contributed by atoms with Crippen LogP contribution < -0.4 is 15.0 Å². The quantitative estimate of drug-likeness (QED) is 0.225. The number of ether oxygens (including phenoxy) is 1. The van der Waals surface area contributed by atoms with E-state index in [1.54, 1.807) is 18.5 Å². The predicted octanol–water partition coefficient (Wildman–Crippen LogP) is 5.35. The van der Waals surface area contributed by atoms with Gasteiger partial charge in [0.05, 0.1) is 23.0 Å². The van der Waals surface area contributed by atoms with Crippen LogP contribution in [0.4, 0.5) is 25.3 Å². The summed E-state index contributed by atoms with van der Waals surface area (Å²) in [5.41, 5.74) is -0.146. The van der Waals surface area contributed by atoms with Crippen molar-refractivity contribution in [3.8, 4) is 35.4 Å². The Balaban J connectivity index is 1.21. The highest BCUT2D eigenvalue weighted by molar-refractivity contribution is 6.03. The number of terminal acetylenes is 1. The Morgan fingerprint density at radius 3 is 2.57 bits per heavy atom. The summed E-state index contributed by atoms with van der Waals surface area (Å²) in [5, 5.41) is 14.4. The average Bonchev–Trinajstić information content (AvgIpc) is 3.67. The van der Waals surface area contributed by atoms with Crippen LogP contribution in [0.3, 0.4) is 0 Å². The van der Waals surface area contributed by atoms with Gasteiger partial charge in [-0.1, -0.05) is 12.0 Å². The first-order valence-electron chi connectivity index (χ1n) is 17.0. The number of carbonyl (C=O) groups is 1. The molecule has 8 rings (SSSR count). The number of phenolic OH excluding ortho intramolecular Hbond substituents is 1. The molecule has 3 saturated heterocycles. The number of carbonyl (C=O) groups excluding carboxylic acids is 1. The molecule has 0 aliphatic carbocycles. The maximum absolute atomic E-state index is 17.0. The maximum Gasteiger partial charge on any atom is 0.324 e. The number of halogens is 2. The van der Waals surface area contributed by atoms with Gasteiger partial charge in [0.1, 0.15) is 34.7 Å². The lowest BCUT2D eigenvalue weighted by Gasteiger charge is -2.41. The molecule has 2 unspecified atom stereocenters. The molecular weight excluding hydrogens is 656 g/mol. The van der Waals surface area contributed by atoms with E-state index in [9.17, 15) is 14.3 Å². The smallest absolute Gasteiger partial charge is 0.324 e. The number of aromatic nitrogens is 5. The average molecular weight is 692 g/mol. The van der Waals surface area contributed by atoms with Gasteiger partial charge < -0.3 is 19.6 Å². The van der Waals surface area contributed by atoms with Gasteiger partial charge >= 0.3 is 12.0 Å². The minimum atomic E-state index is -0.797. The zero-order valence-corrected chi connectivity index (χ0v) is 28.1. The number of piperazine rings is 1. The van der Waals surface area contributed by atoms with Crippen LogP contribution in [0.2, 0.25) is 0 Å². The summed E-state index contributed by atoms with van der Waals surface area (Å²) in [5.74, 6) is 1.42. The molecule has 260 valence electrons. The van der Waals surface area contributed by atoms with E-state index in [-0.39, 0.29) is 75.7 Å². The fraction of sp³-hybridized carbons (Fsp3) is 0.351. The molecule has 4 atom stereocenters. The van der Waals surface area contributed by atoms with E-state index in [1.165, 1.54) is 30.5 Å². The van der Waals surface area contributed by atoms with Crippen LogP contribution in [0.1, 0.15) is 38.2 Å². The van der Waals surface area contributed by atoms with Gasteiger partial charge in [-0.3, -0.25) is 15.2 Å². The zero-order valence-electron chi connectivity index (χ0n) is 28.1. The normalized spacial score (nSPS) is 20.9. The third-order valence-corrected chi connectivity index (χ3v) is 10.3. The van der Waals surface area contributed by atoms with Crippen molar-refractivity contribution in [1.82, 2.24) is 34.7 Å². The highest BCUT2D eigenvalue weighted by atomic mass is 19.1. The molecule has 2 aromatic carbocycles. The summed E-state index contributed by atoms with van der Waals surface area (Å²) in [6.45, 7) is 3.76.